The molecule has 2 heterocycles. The van der Waals surface area contributed by atoms with E-state index in [4.69, 9.17) is 5.73 Å². The van der Waals surface area contributed by atoms with Crippen LogP contribution in [0, 0.1) is 0 Å². The number of anilines is 1. The predicted octanol–water partition coefficient (Wildman–Crippen LogP) is 2.52. The lowest BCUT2D eigenvalue weighted by Crippen LogP contribution is -2.13. The van der Waals surface area contributed by atoms with Crippen molar-refractivity contribution >= 4 is 49.5 Å². The first-order valence-electron chi connectivity index (χ1n) is 7.07. The number of hydrogen-bond acceptors (Lipinski definition) is 5. The quantitative estimate of drug-likeness (QED) is 0.533. The van der Waals surface area contributed by atoms with Crippen molar-refractivity contribution in [3.05, 3.63) is 53.9 Å². The van der Waals surface area contributed by atoms with Crippen LogP contribution in [0.3, 0.4) is 0 Å². The van der Waals surface area contributed by atoms with E-state index in [0.29, 0.717) is 21.7 Å². The van der Waals surface area contributed by atoms with Crippen LogP contribution >= 0.6 is 11.3 Å². The topological polar surface area (TPSA) is 114 Å². The molecule has 0 atom stereocenters. The van der Waals surface area contributed by atoms with E-state index >= 15 is 0 Å². The molecule has 2 amide bonds. The maximum Gasteiger partial charge on any atom is 0.284 e. The zero-order valence-electron chi connectivity index (χ0n) is 12.2. The number of benzene rings is 2. The van der Waals surface area contributed by atoms with Gasteiger partial charge in [0.25, 0.3) is 11.8 Å². The Balaban J connectivity index is 1.71. The normalized spacial score (nSPS) is 11.0. The molecular weight excluding hydrogens is 326 g/mol. The van der Waals surface area contributed by atoms with Crippen molar-refractivity contribution in [3.8, 4) is 0 Å². The van der Waals surface area contributed by atoms with E-state index in [0.717, 1.165) is 10.2 Å². The van der Waals surface area contributed by atoms with Gasteiger partial charge in [-0.05, 0) is 24.3 Å². The van der Waals surface area contributed by atoms with E-state index in [2.05, 4.69) is 20.3 Å². The van der Waals surface area contributed by atoms with Gasteiger partial charge in [-0.25, -0.2) is 9.97 Å². The molecule has 24 heavy (non-hydrogen) atoms. The summed E-state index contributed by atoms with van der Waals surface area (Å²) in [6.07, 6.45) is 0. The van der Waals surface area contributed by atoms with Gasteiger partial charge < -0.3 is 10.7 Å². The van der Waals surface area contributed by atoms with E-state index in [1.807, 2.05) is 24.3 Å². The van der Waals surface area contributed by atoms with Crippen molar-refractivity contribution in [2.24, 2.45) is 5.73 Å². The van der Waals surface area contributed by atoms with Crippen LogP contribution in [0.5, 0.6) is 0 Å². The first-order chi connectivity index (χ1) is 11.6. The number of nitrogens with two attached hydrogens (primary N) is 1. The van der Waals surface area contributed by atoms with Crippen LogP contribution in [0.4, 0.5) is 5.13 Å². The summed E-state index contributed by atoms with van der Waals surface area (Å²) in [5, 5.41) is 3.28. The molecule has 118 valence electrons. The van der Waals surface area contributed by atoms with Crippen molar-refractivity contribution in [1.82, 2.24) is 15.0 Å². The molecule has 0 spiro atoms. The Bertz CT molecular complexity index is 1070. The van der Waals surface area contributed by atoms with Crippen molar-refractivity contribution in [2.45, 2.75) is 0 Å². The molecular formula is C16H11N5O2S. The number of carbonyl (C=O) groups is 2. The molecule has 0 saturated carbocycles. The second-order valence-corrected chi connectivity index (χ2v) is 6.12. The molecule has 0 unspecified atom stereocenters. The number of H-pyrrole nitrogens is 1. The molecule has 2 aromatic carbocycles. The summed E-state index contributed by atoms with van der Waals surface area (Å²) in [4.78, 5) is 35.1. The Labute approximate surface area is 139 Å². The monoisotopic (exact) mass is 337 g/mol. The Morgan fingerprint density at radius 1 is 1.08 bits per heavy atom. The fourth-order valence-corrected chi connectivity index (χ4v) is 3.28. The number of nitrogens with zero attached hydrogens (tertiary/aromatic N) is 2. The third-order valence-electron chi connectivity index (χ3n) is 3.51. The summed E-state index contributed by atoms with van der Waals surface area (Å²) in [7, 11) is 0. The fraction of sp³-hybridized carbons (Fsp3) is 0. The number of imidazole rings is 1. The van der Waals surface area contributed by atoms with Crippen LogP contribution in [0.15, 0.2) is 42.5 Å². The predicted molar refractivity (Wildman–Crippen MR) is 92.2 cm³/mol. The minimum Gasteiger partial charge on any atom is -0.363 e. The van der Waals surface area contributed by atoms with Gasteiger partial charge in [-0.1, -0.05) is 29.5 Å². The van der Waals surface area contributed by atoms with Crippen molar-refractivity contribution in [3.63, 3.8) is 0 Å². The standard InChI is InChI=1S/C16H11N5O2S/c17-13(22)14-18-10-6-3-4-8(12(10)20-14)15(23)21-16-19-9-5-1-2-7-11(9)24-16/h1-7H,(H2,17,22)(H,18,20)(H,19,21,23). The molecule has 4 aromatic rings. The average molecular weight is 337 g/mol. The molecule has 0 aliphatic carbocycles. The second kappa shape index (κ2) is 5.43. The van der Waals surface area contributed by atoms with Gasteiger partial charge in [0.15, 0.2) is 11.0 Å². The molecule has 4 rings (SSSR count). The lowest BCUT2D eigenvalue weighted by Gasteiger charge is -2.02. The molecule has 0 aliphatic rings. The number of rotatable bonds is 3. The van der Waals surface area contributed by atoms with Crippen LogP contribution in [0.1, 0.15) is 21.0 Å². The van der Waals surface area contributed by atoms with Crippen LogP contribution in [0.25, 0.3) is 21.3 Å². The van der Waals surface area contributed by atoms with Gasteiger partial charge in [-0.2, -0.15) is 0 Å². The Morgan fingerprint density at radius 2 is 1.92 bits per heavy atom. The highest BCUT2D eigenvalue weighted by Gasteiger charge is 2.16. The largest absolute Gasteiger partial charge is 0.363 e. The van der Waals surface area contributed by atoms with Gasteiger partial charge in [0, 0.05) is 0 Å². The van der Waals surface area contributed by atoms with Crippen molar-refractivity contribution in [1.29, 1.82) is 0 Å². The SMILES string of the molecule is NC(=O)c1nc2c(C(=O)Nc3nc4ccccc4s3)cccc2[nH]1. The first-order valence-corrected chi connectivity index (χ1v) is 7.89. The summed E-state index contributed by atoms with van der Waals surface area (Å²) < 4.78 is 0.988. The van der Waals surface area contributed by atoms with Crippen LogP contribution in [-0.2, 0) is 0 Å². The third-order valence-corrected chi connectivity index (χ3v) is 4.46. The minimum atomic E-state index is -0.677. The lowest BCUT2D eigenvalue weighted by molar-refractivity contribution is 0.0989. The van der Waals surface area contributed by atoms with Gasteiger partial charge in [-0.3, -0.25) is 14.9 Å². The van der Waals surface area contributed by atoms with Gasteiger partial charge in [0.1, 0.15) is 5.52 Å². The number of nitrogens with one attached hydrogen (secondary N) is 2. The lowest BCUT2D eigenvalue weighted by atomic mass is 10.2. The Kier molecular flexibility index (Phi) is 3.24. The molecule has 4 N–H and O–H groups in total. The molecule has 8 heteroatoms. The number of hydrogen-bond donors (Lipinski definition) is 3. The smallest absolute Gasteiger partial charge is 0.284 e. The average Bonchev–Trinajstić information content (AvgIpc) is 3.17. The summed E-state index contributed by atoms with van der Waals surface area (Å²) in [6.45, 7) is 0. The molecule has 2 aromatic heterocycles. The van der Waals surface area contributed by atoms with Gasteiger partial charge in [-0.15, -0.1) is 0 Å². The van der Waals surface area contributed by atoms with E-state index in [1.54, 1.807) is 18.2 Å². The number of primary amides is 1. The Morgan fingerprint density at radius 3 is 2.71 bits per heavy atom. The molecule has 0 fully saturated rings. The number of thiazole rings is 1. The van der Waals surface area contributed by atoms with Crippen LogP contribution in [0.2, 0.25) is 0 Å². The highest BCUT2D eigenvalue weighted by atomic mass is 32.1. The molecule has 0 saturated heterocycles. The van der Waals surface area contributed by atoms with Gasteiger partial charge in [0.2, 0.25) is 0 Å². The Hall–Kier alpha value is -3.26. The summed E-state index contributed by atoms with van der Waals surface area (Å²) in [5.41, 5.74) is 7.36. The molecule has 0 bridgehead atoms. The van der Waals surface area contributed by atoms with Crippen molar-refractivity contribution < 1.29 is 9.59 Å². The van der Waals surface area contributed by atoms with E-state index < -0.39 is 5.91 Å². The summed E-state index contributed by atoms with van der Waals surface area (Å²) in [5.74, 6) is -1.00. The highest BCUT2D eigenvalue weighted by molar-refractivity contribution is 7.22. The summed E-state index contributed by atoms with van der Waals surface area (Å²) in [6, 6.07) is 12.7. The van der Waals surface area contributed by atoms with E-state index in [9.17, 15) is 9.59 Å². The number of amides is 2. The maximum atomic E-state index is 12.6. The van der Waals surface area contributed by atoms with Crippen LogP contribution in [-0.4, -0.2) is 26.8 Å². The first kappa shape index (κ1) is 14.3. The highest BCUT2D eigenvalue weighted by Crippen LogP contribution is 2.26. The zero-order valence-corrected chi connectivity index (χ0v) is 13.1. The minimum absolute atomic E-state index is 0.0187. The zero-order chi connectivity index (χ0) is 16.7. The molecule has 7 nitrogen and oxygen atoms in total. The van der Waals surface area contributed by atoms with Gasteiger partial charge in [0.05, 0.1) is 21.3 Å². The molecule has 0 aliphatic heterocycles. The van der Waals surface area contributed by atoms with Crippen LogP contribution < -0.4 is 11.1 Å². The maximum absolute atomic E-state index is 12.6. The third kappa shape index (κ3) is 2.38. The molecule has 0 radical (unpaired) electrons. The summed E-state index contributed by atoms with van der Waals surface area (Å²) >= 11 is 1.39. The van der Waals surface area contributed by atoms with Crippen molar-refractivity contribution in [2.75, 3.05) is 5.32 Å². The number of fused-ring (bicyclic) bond motifs is 2. The number of aromatic nitrogens is 3. The second-order valence-electron chi connectivity index (χ2n) is 5.09. The van der Waals surface area contributed by atoms with E-state index in [1.165, 1.54) is 11.3 Å². The number of para-hydroxylation sites is 2. The number of carbonyl (C=O) groups excluding carboxylic acids is 2. The van der Waals surface area contributed by atoms with Gasteiger partial charge >= 0.3 is 0 Å². The number of aromatic amines is 1. The van der Waals surface area contributed by atoms with E-state index in [-0.39, 0.29) is 11.7 Å². The fourth-order valence-electron chi connectivity index (χ4n) is 2.42.